The molecule has 1 aliphatic heterocycles. The Labute approximate surface area is 123 Å². The topological polar surface area (TPSA) is 55.1 Å². The molecule has 1 aliphatic rings. The van der Waals surface area contributed by atoms with Crippen LogP contribution in [0.15, 0.2) is 12.1 Å². The number of nitrogen functional groups attached to an aromatic ring is 1. The van der Waals surface area contributed by atoms with Crippen molar-refractivity contribution in [2.45, 2.75) is 19.1 Å². The number of carbonyl (C=O) groups excluding carboxylic acids is 1. The summed E-state index contributed by atoms with van der Waals surface area (Å²) in [4.78, 5) is 12.2. The van der Waals surface area contributed by atoms with Crippen molar-refractivity contribution in [1.29, 1.82) is 0 Å². The second kappa shape index (κ2) is 6.57. The highest BCUT2D eigenvalue weighted by Crippen LogP contribution is 2.23. The van der Waals surface area contributed by atoms with Gasteiger partial charge in [0.25, 0.3) is 5.91 Å². The van der Waals surface area contributed by atoms with Gasteiger partial charge in [-0.3, -0.25) is 4.79 Å². The van der Waals surface area contributed by atoms with Gasteiger partial charge in [-0.15, -0.1) is 0 Å². The van der Waals surface area contributed by atoms with Crippen molar-refractivity contribution in [2.24, 2.45) is 0 Å². The molecule has 0 aliphatic carbocycles. The first-order chi connectivity index (χ1) is 9.08. The van der Waals surface area contributed by atoms with Crippen molar-refractivity contribution in [3.63, 3.8) is 0 Å². The van der Waals surface area contributed by atoms with Crippen LogP contribution in [0.2, 0.25) is 0 Å². The molecular weight excluding hydrogens is 276 g/mol. The normalized spacial score (nSPS) is 19.2. The van der Waals surface area contributed by atoms with E-state index in [4.69, 9.17) is 5.73 Å². The summed E-state index contributed by atoms with van der Waals surface area (Å²) < 4.78 is 0. The van der Waals surface area contributed by atoms with Crippen LogP contribution in [0.3, 0.4) is 0 Å². The van der Waals surface area contributed by atoms with E-state index in [9.17, 15) is 4.79 Å². The van der Waals surface area contributed by atoms with Crippen LogP contribution in [-0.4, -0.2) is 35.0 Å². The molecular formula is C14H20N2OS2. The Bertz CT molecular complexity index is 471. The molecule has 1 aromatic carbocycles. The van der Waals surface area contributed by atoms with Crippen molar-refractivity contribution in [2.75, 3.05) is 29.5 Å². The van der Waals surface area contributed by atoms with E-state index < -0.39 is 0 Å². The lowest BCUT2D eigenvalue weighted by Gasteiger charge is -2.21. The molecule has 0 aromatic heterocycles. The number of hydrogen-bond acceptors (Lipinski definition) is 4. The smallest absolute Gasteiger partial charge is 0.251 e. The second-order valence-corrected chi connectivity index (χ2v) is 7.36. The summed E-state index contributed by atoms with van der Waals surface area (Å²) in [6.45, 7) is 4.65. The Balaban J connectivity index is 1.97. The number of benzene rings is 1. The third kappa shape index (κ3) is 3.83. The van der Waals surface area contributed by atoms with Gasteiger partial charge < -0.3 is 11.1 Å². The van der Waals surface area contributed by atoms with Gasteiger partial charge in [-0.05, 0) is 31.0 Å². The van der Waals surface area contributed by atoms with Crippen LogP contribution >= 0.6 is 23.5 Å². The Morgan fingerprint density at radius 3 is 2.84 bits per heavy atom. The number of nitrogens with two attached hydrogens (primary N) is 1. The van der Waals surface area contributed by atoms with Gasteiger partial charge in [0.05, 0.1) is 0 Å². The van der Waals surface area contributed by atoms with Gasteiger partial charge in [-0.1, -0.05) is 6.07 Å². The highest BCUT2D eigenvalue weighted by molar-refractivity contribution is 8.06. The fourth-order valence-corrected chi connectivity index (χ4v) is 4.68. The van der Waals surface area contributed by atoms with Gasteiger partial charge in [0.2, 0.25) is 0 Å². The molecule has 0 bridgehead atoms. The van der Waals surface area contributed by atoms with Gasteiger partial charge in [-0.25, -0.2) is 0 Å². The number of thioether (sulfide) groups is 2. The summed E-state index contributed by atoms with van der Waals surface area (Å²) in [5.74, 6) is 3.52. The van der Waals surface area contributed by atoms with E-state index in [0.29, 0.717) is 16.5 Å². The molecule has 0 saturated carbocycles. The highest BCUT2D eigenvalue weighted by atomic mass is 32.2. The summed E-state index contributed by atoms with van der Waals surface area (Å²) in [7, 11) is 0. The van der Waals surface area contributed by atoms with Crippen LogP contribution < -0.4 is 11.1 Å². The quantitative estimate of drug-likeness (QED) is 0.841. The van der Waals surface area contributed by atoms with E-state index in [1.165, 1.54) is 11.5 Å². The number of anilines is 1. The Morgan fingerprint density at radius 1 is 1.37 bits per heavy atom. The van der Waals surface area contributed by atoms with Crippen molar-refractivity contribution >= 4 is 35.1 Å². The summed E-state index contributed by atoms with van der Waals surface area (Å²) in [6.07, 6.45) is 0. The first-order valence-corrected chi connectivity index (χ1v) is 8.62. The predicted octanol–water partition coefficient (Wildman–Crippen LogP) is 2.46. The van der Waals surface area contributed by atoms with E-state index in [0.717, 1.165) is 23.4 Å². The Morgan fingerprint density at radius 2 is 2.16 bits per heavy atom. The minimum atomic E-state index is -0.0135. The standard InChI is InChI=1S/C14H20N2OS2/c1-9-5-10(2)13(15)6-12(9)14(17)16-7-11-8-18-3-4-19-11/h5-6,11H,3-4,7-8,15H2,1-2H3,(H,16,17). The summed E-state index contributed by atoms with van der Waals surface area (Å²) in [6, 6.07) is 3.75. The van der Waals surface area contributed by atoms with Crippen LogP contribution in [0.1, 0.15) is 21.5 Å². The third-order valence-corrected chi connectivity index (χ3v) is 6.08. The molecule has 1 heterocycles. The number of nitrogens with one attached hydrogen (secondary N) is 1. The minimum Gasteiger partial charge on any atom is -0.398 e. The van der Waals surface area contributed by atoms with Crippen LogP contribution in [-0.2, 0) is 0 Å². The Hall–Kier alpha value is -0.810. The lowest BCUT2D eigenvalue weighted by molar-refractivity contribution is 0.0953. The van der Waals surface area contributed by atoms with Crippen LogP contribution in [0, 0.1) is 13.8 Å². The molecule has 1 fully saturated rings. The lowest BCUT2D eigenvalue weighted by Crippen LogP contribution is -2.33. The van der Waals surface area contributed by atoms with E-state index in [2.05, 4.69) is 5.32 Å². The maximum absolute atomic E-state index is 12.2. The maximum atomic E-state index is 12.2. The number of aryl methyl sites for hydroxylation is 2. The van der Waals surface area contributed by atoms with E-state index in [1.807, 2.05) is 43.4 Å². The molecule has 1 atom stereocenters. The monoisotopic (exact) mass is 296 g/mol. The zero-order valence-electron chi connectivity index (χ0n) is 11.4. The van der Waals surface area contributed by atoms with Crippen molar-refractivity contribution in [3.8, 4) is 0 Å². The first kappa shape index (κ1) is 14.6. The first-order valence-electron chi connectivity index (χ1n) is 6.42. The van der Waals surface area contributed by atoms with Crippen molar-refractivity contribution < 1.29 is 4.79 Å². The second-order valence-electron chi connectivity index (χ2n) is 4.80. The van der Waals surface area contributed by atoms with Crippen LogP contribution in [0.5, 0.6) is 0 Å². The molecule has 2 rings (SSSR count). The van der Waals surface area contributed by atoms with Crippen molar-refractivity contribution in [3.05, 3.63) is 28.8 Å². The SMILES string of the molecule is Cc1cc(C)c(C(=O)NCC2CSCCS2)cc1N. The molecule has 19 heavy (non-hydrogen) atoms. The zero-order valence-corrected chi connectivity index (χ0v) is 13.0. The van der Waals surface area contributed by atoms with E-state index in [1.54, 1.807) is 6.07 Å². The molecule has 5 heteroatoms. The molecule has 0 radical (unpaired) electrons. The summed E-state index contributed by atoms with van der Waals surface area (Å²) in [5, 5.41) is 3.56. The molecule has 0 spiro atoms. The third-order valence-electron chi connectivity index (χ3n) is 3.23. The van der Waals surface area contributed by atoms with Crippen molar-refractivity contribution in [1.82, 2.24) is 5.32 Å². The van der Waals surface area contributed by atoms with Gasteiger partial charge in [-0.2, -0.15) is 23.5 Å². The molecule has 1 aromatic rings. The number of carbonyl (C=O) groups is 1. The summed E-state index contributed by atoms with van der Waals surface area (Å²) >= 11 is 3.92. The number of rotatable bonds is 3. The average molecular weight is 296 g/mol. The zero-order chi connectivity index (χ0) is 13.8. The van der Waals surface area contributed by atoms with Crippen LogP contribution in [0.25, 0.3) is 0 Å². The summed E-state index contributed by atoms with van der Waals surface area (Å²) in [5.41, 5.74) is 9.25. The molecule has 1 unspecified atom stereocenters. The van der Waals surface area contributed by atoms with Gasteiger partial charge in [0, 0.05) is 40.3 Å². The average Bonchev–Trinajstić information content (AvgIpc) is 2.41. The van der Waals surface area contributed by atoms with E-state index in [-0.39, 0.29) is 5.91 Å². The lowest BCUT2D eigenvalue weighted by atomic mass is 10.0. The predicted molar refractivity (Wildman–Crippen MR) is 86.2 cm³/mol. The highest BCUT2D eigenvalue weighted by Gasteiger charge is 2.16. The molecule has 3 nitrogen and oxygen atoms in total. The molecule has 3 N–H and O–H groups in total. The largest absolute Gasteiger partial charge is 0.398 e. The fourth-order valence-electron chi connectivity index (χ4n) is 2.07. The maximum Gasteiger partial charge on any atom is 0.251 e. The Kier molecular flexibility index (Phi) is 5.05. The van der Waals surface area contributed by atoms with Crippen LogP contribution in [0.4, 0.5) is 5.69 Å². The number of hydrogen-bond donors (Lipinski definition) is 2. The molecule has 1 saturated heterocycles. The van der Waals surface area contributed by atoms with Gasteiger partial charge in [0.15, 0.2) is 0 Å². The van der Waals surface area contributed by atoms with E-state index >= 15 is 0 Å². The molecule has 1 amide bonds. The van der Waals surface area contributed by atoms with Gasteiger partial charge in [0.1, 0.15) is 0 Å². The minimum absolute atomic E-state index is 0.0135. The van der Waals surface area contributed by atoms with Gasteiger partial charge >= 0.3 is 0 Å². The molecule has 104 valence electrons. The fraction of sp³-hybridized carbons (Fsp3) is 0.500. The number of amides is 1.